The van der Waals surface area contributed by atoms with Gasteiger partial charge in [0.1, 0.15) is 11.5 Å². The lowest BCUT2D eigenvalue weighted by atomic mass is 9.79. The summed E-state index contributed by atoms with van der Waals surface area (Å²) in [4.78, 5) is 9.19. The van der Waals surface area contributed by atoms with Crippen LogP contribution in [0.4, 0.5) is 0 Å². The molecule has 0 heterocycles. The zero-order valence-corrected chi connectivity index (χ0v) is 27.3. The van der Waals surface area contributed by atoms with E-state index >= 15 is 0 Å². The van der Waals surface area contributed by atoms with E-state index in [2.05, 4.69) is 123 Å². The third-order valence-corrected chi connectivity index (χ3v) is 7.15. The molecular weight excluding hydrogens is 494 g/mol. The summed E-state index contributed by atoms with van der Waals surface area (Å²) in [7, 11) is 0. The van der Waals surface area contributed by atoms with Gasteiger partial charge >= 0.3 is 0 Å². The number of hydrogen-bond donors (Lipinski definition) is 3. The molecule has 0 aliphatic carbocycles. The Bertz CT molecular complexity index is 1100. The van der Waals surface area contributed by atoms with Crippen molar-refractivity contribution < 1.29 is 10.2 Å². The summed E-state index contributed by atoms with van der Waals surface area (Å²) in [5.74, 6) is 0.651. The fourth-order valence-electron chi connectivity index (χ4n) is 4.41. The molecule has 2 aromatic rings. The highest BCUT2D eigenvalue weighted by atomic mass is 16.3. The minimum atomic E-state index is -0.152. The fraction of sp³-hybridized carbons (Fsp3) is 0.600. The molecular formula is C35H55N3O2. The van der Waals surface area contributed by atoms with Crippen LogP contribution in [0.5, 0.6) is 11.5 Å². The van der Waals surface area contributed by atoms with Gasteiger partial charge in [-0.05, 0) is 57.9 Å². The standard InChI is InChI=1S/C35H55N3O2/c1-32(2,3)26-18-24(30(39)28(20-26)34(7,8)9)22-37-15-13-14-36-16-17-38-23-25-19-27(33(4,5)6)21-29(31(25)40)35(10,11)12/h18-23,36,39-40H,13-17H2,1-12H3. The smallest absolute Gasteiger partial charge is 0.128 e. The van der Waals surface area contributed by atoms with Crippen LogP contribution in [0.25, 0.3) is 0 Å². The lowest BCUT2D eigenvalue weighted by Gasteiger charge is -2.27. The highest BCUT2D eigenvalue weighted by Gasteiger charge is 2.25. The van der Waals surface area contributed by atoms with E-state index in [1.807, 2.05) is 6.21 Å². The minimum Gasteiger partial charge on any atom is -0.507 e. The lowest BCUT2D eigenvalue weighted by molar-refractivity contribution is 0.443. The number of phenols is 2. The Kier molecular flexibility index (Phi) is 10.8. The van der Waals surface area contributed by atoms with Crippen molar-refractivity contribution in [3.63, 3.8) is 0 Å². The summed E-state index contributed by atoms with van der Waals surface area (Å²) in [6.45, 7) is 28.8. The first-order valence-electron chi connectivity index (χ1n) is 14.7. The van der Waals surface area contributed by atoms with Crippen LogP contribution in [0.1, 0.15) is 123 Å². The fourth-order valence-corrected chi connectivity index (χ4v) is 4.41. The molecule has 0 saturated carbocycles. The Morgan fingerprint density at radius 3 is 1.35 bits per heavy atom. The van der Waals surface area contributed by atoms with Crippen LogP contribution < -0.4 is 5.32 Å². The monoisotopic (exact) mass is 549 g/mol. The van der Waals surface area contributed by atoms with Gasteiger partial charge in [0, 0.05) is 47.8 Å². The molecule has 0 fully saturated rings. The van der Waals surface area contributed by atoms with E-state index in [4.69, 9.17) is 0 Å². The summed E-state index contributed by atoms with van der Waals surface area (Å²) in [6, 6.07) is 8.37. The first kappa shape index (κ1) is 33.5. The number of hydrogen-bond acceptors (Lipinski definition) is 5. The average molecular weight is 550 g/mol. The summed E-state index contributed by atoms with van der Waals surface area (Å²) < 4.78 is 0. The first-order valence-corrected chi connectivity index (χ1v) is 14.7. The third-order valence-electron chi connectivity index (χ3n) is 7.15. The first-order chi connectivity index (χ1) is 18.2. The van der Waals surface area contributed by atoms with Crippen LogP contribution in [0.2, 0.25) is 0 Å². The van der Waals surface area contributed by atoms with E-state index in [9.17, 15) is 10.2 Å². The van der Waals surface area contributed by atoms with Gasteiger partial charge in [-0.1, -0.05) is 95.2 Å². The average Bonchev–Trinajstić information content (AvgIpc) is 2.79. The van der Waals surface area contributed by atoms with Crippen molar-refractivity contribution in [3.05, 3.63) is 57.6 Å². The topological polar surface area (TPSA) is 77.2 Å². The van der Waals surface area contributed by atoms with Crippen LogP contribution in [0.15, 0.2) is 34.3 Å². The van der Waals surface area contributed by atoms with Crippen LogP contribution in [-0.4, -0.2) is 48.8 Å². The van der Waals surface area contributed by atoms with Crippen molar-refractivity contribution in [2.75, 3.05) is 26.2 Å². The molecule has 2 rings (SSSR count). The Balaban J connectivity index is 1.93. The van der Waals surface area contributed by atoms with E-state index in [0.717, 1.165) is 41.8 Å². The molecule has 5 heteroatoms. The lowest BCUT2D eigenvalue weighted by Crippen LogP contribution is -2.19. The maximum Gasteiger partial charge on any atom is 0.128 e. The minimum absolute atomic E-state index is 0.00823. The normalized spacial score (nSPS) is 13.6. The van der Waals surface area contributed by atoms with Crippen molar-refractivity contribution >= 4 is 12.4 Å². The summed E-state index contributed by atoms with van der Waals surface area (Å²) in [5.41, 5.74) is 5.55. The van der Waals surface area contributed by atoms with Gasteiger partial charge < -0.3 is 15.5 Å². The molecule has 2 aromatic carbocycles. The van der Waals surface area contributed by atoms with E-state index in [1.165, 1.54) is 11.1 Å². The van der Waals surface area contributed by atoms with Gasteiger partial charge in [0.25, 0.3) is 0 Å². The van der Waals surface area contributed by atoms with E-state index in [1.54, 1.807) is 6.21 Å². The van der Waals surface area contributed by atoms with Gasteiger partial charge in [-0.2, -0.15) is 0 Å². The number of nitrogens with one attached hydrogen (secondary N) is 1. The van der Waals surface area contributed by atoms with Crippen LogP contribution in [0, 0.1) is 0 Å². The van der Waals surface area contributed by atoms with Crippen molar-refractivity contribution in [2.45, 2.75) is 111 Å². The van der Waals surface area contributed by atoms with Crippen LogP contribution >= 0.6 is 0 Å². The molecule has 0 unspecified atom stereocenters. The number of aromatic hydroxyl groups is 2. The summed E-state index contributed by atoms with van der Waals surface area (Å²) in [5, 5.41) is 25.3. The molecule has 3 N–H and O–H groups in total. The second kappa shape index (κ2) is 12.9. The zero-order valence-electron chi connectivity index (χ0n) is 27.3. The molecule has 0 saturated heterocycles. The Labute approximate surface area is 244 Å². The Morgan fingerprint density at radius 2 is 0.975 bits per heavy atom. The zero-order chi connectivity index (χ0) is 30.5. The third kappa shape index (κ3) is 9.47. The van der Waals surface area contributed by atoms with Crippen LogP contribution in [-0.2, 0) is 21.7 Å². The number of phenolic OH excluding ortho intramolecular Hbond substituents is 2. The van der Waals surface area contributed by atoms with E-state index < -0.39 is 0 Å². The van der Waals surface area contributed by atoms with Crippen molar-refractivity contribution in [1.82, 2.24) is 5.32 Å². The number of aliphatic imine (C=N–C) groups is 2. The molecule has 0 spiro atoms. The van der Waals surface area contributed by atoms with Gasteiger partial charge in [-0.15, -0.1) is 0 Å². The Morgan fingerprint density at radius 1 is 0.575 bits per heavy atom. The molecule has 40 heavy (non-hydrogen) atoms. The molecule has 5 nitrogen and oxygen atoms in total. The van der Waals surface area contributed by atoms with Gasteiger partial charge in [0.15, 0.2) is 0 Å². The maximum absolute atomic E-state index is 10.9. The summed E-state index contributed by atoms with van der Waals surface area (Å²) >= 11 is 0. The Hall–Kier alpha value is -2.66. The predicted octanol–water partition coefficient (Wildman–Crippen LogP) is 7.81. The SMILES string of the molecule is CC(C)(C)c1cc(C=NCCCNCCN=Cc2cc(C(C)(C)C)cc(C(C)(C)C)c2O)c(O)c(C(C)(C)C)c1. The molecule has 0 aliphatic heterocycles. The predicted molar refractivity (Wildman–Crippen MR) is 173 cm³/mol. The van der Waals surface area contributed by atoms with Crippen molar-refractivity contribution in [1.29, 1.82) is 0 Å². The molecule has 0 bridgehead atoms. The summed E-state index contributed by atoms with van der Waals surface area (Å²) in [6.07, 6.45) is 4.51. The van der Waals surface area contributed by atoms with Gasteiger partial charge in [0.05, 0.1) is 6.54 Å². The molecule has 0 radical (unpaired) electrons. The quantitative estimate of drug-likeness (QED) is 0.221. The van der Waals surface area contributed by atoms with Crippen molar-refractivity contribution in [2.24, 2.45) is 9.98 Å². The van der Waals surface area contributed by atoms with E-state index in [-0.39, 0.29) is 21.7 Å². The molecule has 0 amide bonds. The van der Waals surface area contributed by atoms with Gasteiger partial charge in [-0.25, -0.2) is 0 Å². The van der Waals surface area contributed by atoms with Crippen LogP contribution in [0.3, 0.4) is 0 Å². The van der Waals surface area contributed by atoms with Gasteiger partial charge in [0.2, 0.25) is 0 Å². The van der Waals surface area contributed by atoms with E-state index in [0.29, 0.717) is 24.6 Å². The number of nitrogens with zero attached hydrogens (tertiary/aromatic N) is 2. The number of rotatable bonds is 9. The van der Waals surface area contributed by atoms with Gasteiger partial charge in [-0.3, -0.25) is 9.98 Å². The molecule has 0 aliphatic rings. The highest BCUT2D eigenvalue weighted by molar-refractivity contribution is 5.85. The molecule has 0 aromatic heterocycles. The highest BCUT2D eigenvalue weighted by Crippen LogP contribution is 2.38. The second-order valence-corrected chi connectivity index (χ2v) is 15.1. The maximum atomic E-state index is 10.9. The largest absolute Gasteiger partial charge is 0.507 e. The molecule has 222 valence electrons. The van der Waals surface area contributed by atoms with Crippen molar-refractivity contribution in [3.8, 4) is 11.5 Å². The second-order valence-electron chi connectivity index (χ2n) is 15.1. The molecule has 0 atom stereocenters. The number of benzene rings is 2.